The van der Waals surface area contributed by atoms with Crippen molar-refractivity contribution in [3.63, 3.8) is 0 Å². The molecule has 0 saturated heterocycles. The Morgan fingerprint density at radius 3 is 2.72 bits per heavy atom. The largest absolute Gasteiger partial charge is 0.305 e. The van der Waals surface area contributed by atoms with Crippen molar-refractivity contribution in [3.05, 3.63) is 53.9 Å². The van der Waals surface area contributed by atoms with Crippen molar-refractivity contribution in [2.75, 3.05) is 0 Å². The highest BCUT2D eigenvalue weighted by molar-refractivity contribution is 5.21. The summed E-state index contributed by atoms with van der Waals surface area (Å²) in [4.78, 5) is 0. The normalized spacial score (nSPS) is 16.7. The molecule has 3 rings (SSSR count). The fourth-order valence-corrected chi connectivity index (χ4v) is 2.44. The van der Waals surface area contributed by atoms with Gasteiger partial charge < -0.3 is 5.32 Å². The number of hydrogen-bond acceptors (Lipinski definition) is 2. The van der Waals surface area contributed by atoms with Crippen molar-refractivity contribution in [1.29, 1.82) is 0 Å². The minimum atomic E-state index is 0.492. The first-order chi connectivity index (χ1) is 8.83. The third-order valence-corrected chi connectivity index (χ3v) is 3.54. The number of nitrogens with one attached hydrogen (secondary N) is 1. The minimum Gasteiger partial charge on any atom is -0.305 e. The molecule has 1 N–H and O–H groups in total. The van der Waals surface area contributed by atoms with Gasteiger partial charge in [0.15, 0.2) is 0 Å². The smallest absolute Gasteiger partial charge is 0.0534 e. The van der Waals surface area contributed by atoms with Crippen LogP contribution in [0.25, 0.3) is 0 Å². The fourth-order valence-electron chi connectivity index (χ4n) is 2.44. The van der Waals surface area contributed by atoms with Gasteiger partial charge in [-0.2, -0.15) is 5.10 Å². The van der Waals surface area contributed by atoms with Crippen molar-refractivity contribution in [1.82, 2.24) is 15.1 Å². The van der Waals surface area contributed by atoms with Crippen molar-refractivity contribution in [3.8, 4) is 0 Å². The Morgan fingerprint density at radius 2 is 2.11 bits per heavy atom. The Labute approximate surface area is 108 Å². The second kappa shape index (κ2) is 4.94. The number of rotatable bonds is 5. The number of benzene rings is 1. The summed E-state index contributed by atoms with van der Waals surface area (Å²) >= 11 is 0. The van der Waals surface area contributed by atoms with E-state index in [2.05, 4.69) is 46.9 Å². The van der Waals surface area contributed by atoms with Gasteiger partial charge in [0.25, 0.3) is 0 Å². The molecule has 1 atom stereocenters. The summed E-state index contributed by atoms with van der Waals surface area (Å²) in [5.41, 5.74) is 2.66. The van der Waals surface area contributed by atoms with E-state index in [1.54, 1.807) is 0 Å². The van der Waals surface area contributed by atoms with Gasteiger partial charge in [-0.15, -0.1) is 0 Å². The molecule has 0 bridgehead atoms. The van der Waals surface area contributed by atoms with E-state index < -0.39 is 0 Å². The summed E-state index contributed by atoms with van der Waals surface area (Å²) in [6.07, 6.45) is 6.70. The van der Waals surface area contributed by atoms with Crippen LogP contribution in [-0.2, 0) is 13.6 Å². The lowest BCUT2D eigenvalue weighted by Gasteiger charge is -2.18. The van der Waals surface area contributed by atoms with Crippen LogP contribution in [0, 0.1) is 5.92 Å². The summed E-state index contributed by atoms with van der Waals surface area (Å²) in [6, 6.07) is 11.3. The van der Waals surface area contributed by atoms with Gasteiger partial charge >= 0.3 is 0 Å². The van der Waals surface area contributed by atoms with Gasteiger partial charge in [0.05, 0.1) is 6.20 Å². The monoisotopic (exact) mass is 241 g/mol. The van der Waals surface area contributed by atoms with Crippen molar-refractivity contribution in [2.24, 2.45) is 13.0 Å². The van der Waals surface area contributed by atoms with Gasteiger partial charge in [0.1, 0.15) is 0 Å². The van der Waals surface area contributed by atoms with Crippen LogP contribution in [0.4, 0.5) is 0 Å². The molecule has 0 spiro atoms. The topological polar surface area (TPSA) is 29.9 Å². The molecule has 1 aliphatic carbocycles. The average Bonchev–Trinajstić information content (AvgIpc) is 3.14. The highest BCUT2D eigenvalue weighted by Crippen LogP contribution is 2.41. The molecule has 1 saturated carbocycles. The minimum absolute atomic E-state index is 0.492. The summed E-state index contributed by atoms with van der Waals surface area (Å²) < 4.78 is 1.85. The summed E-state index contributed by atoms with van der Waals surface area (Å²) in [5, 5.41) is 7.88. The number of hydrogen-bond donors (Lipinski definition) is 1. The van der Waals surface area contributed by atoms with Gasteiger partial charge in [-0.3, -0.25) is 4.68 Å². The number of nitrogens with zero attached hydrogens (tertiary/aromatic N) is 2. The molecule has 0 amide bonds. The standard InChI is InChI=1S/C15H19N3/c1-18-11-12(10-17-18)9-16-15(14-7-8-14)13-5-3-2-4-6-13/h2-6,10-11,14-16H,7-9H2,1H3. The van der Waals surface area contributed by atoms with E-state index in [4.69, 9.17) is 0 Å². The molecular formula is C15H19N3. The van der Waals surface area contributed by atoms with E-state index in [0.717, 1.165) is 12.5 Å². The zero-order valence-electron chi connectivity index (χ0n) is 10.7. The summed E-state index contributed by atoms with van der Waals surface area (Å²) in [6.45, 7) is 0.893. The van der Waals surface area contributed by atoms with E-state index in [1.807, 2.05) is 17.9 Å². The van der Waals surface area contributed by atoms with Crippen LogP contribution in [0.2, 0.25) is 0 Å². The van der Waals surface area contributed by atoms with E-state index in [9.17, 15) is 0 Å². The molecule has 1 fully saturated rings. The number of aromatic nitrogens is 2. The Bertz CT molecular complexity index is 499. The first-order valence-corrected chi connectivity index (χ1v) is 6.59. The lowest BCUT2D eigenvalue weighted by Crippen LogP contribution is -2.22. The second-order valence-electron chi connectivity index (χ2n) is 5.13. The van der Waals surface area contributed by atoms with Crippen LogP contribution >= 0.6 is 0 Å². The fraction of sp³-hybridized carbons (Fsp3) is 0.400. The van der Waals surface area contributed by atoms with E-state index in [0.29, 0.717) is 6.04 Å². The van der Waals surface area contributed by atoms with Crippen molar-refractivity contribution < 1.29 is 0 Å². The molecule has 1 heterocycles. The van der Waals surface area contributed by atoms with E-state index in [-0.39, 0.29) is 0 Å². The van der Waals surface area contributed by atoms with Gasteiger partial charge in [-0.1, -0.05) is 30.3 Å². The van der Waals surface area contributed by atoms with Gasteiger partial charge in [0.2, 0.25) is 0 Å². The van der Waals surface area contributed by atoms with Crippen LogP contribution < -0.4 is 5.32 Å². The maximum absolute atomic E-state index is 4.20. The molecule has 1 unspecified atom stereocenters. The Kier molecular flexibility index (Phi) is 3.15. The zero-order valence-corrected chi connectivity index (χ0v) is 10.7. The molecular weight excluding hydrogens is 222 g/mol. The molecule has 3 nitrogen and oxygen atoms in total. The van der Waals surface area contributed by atoms with Gasteiger partial charge in [0, 0.05) is 31.4 Å². The van der Waals surface area contributed by atoms with Crippen molar-refractivity contribution >= 4 is 0 Å². The first kappa shape index (κ1) is 11.5. The SMILES string of the molecule is Cn1cc(CNC(c2ccccc2)C2CC2)cn1. The highest BCUT2D eigenvalue weighted by Gasteiger charge is 2.31. The Hall–Kier alpha value is -1.61. The maximum atomic E-state index is 4.20. The summed E-state index contributed by atoms with van der Waals surface area (Å²) in [5.74, 6) is 0.809. The van der Waals surface area contributed by atoms with Crippen LogP contribution in [0.1, 0.15) is 30.0 Å². The maximum Gasteiger partial charge on any atom is 0.0534 e. The van der Waals surface area contributed by atoms with Crippen LogP contribution in [0.5, 0.6) is 0 Å². The second-order valence-corrected chi connectivity index (χ2v) is 5.13. The third kappa shape index (κ3) is 2.62. The zero-order chi connectivity index (χ0) is 12.4. The molecule has 0 aliphatic heterocycles. The molecule has 3 heteroatoms. The molecule has 1 aromatic heterocycles. The highest BCUT2D eigenvalue weighted by atomic mass is 15.2. The predicted molar refractivity (Wildman–Crippen MR) is 72.0 cm³/mol. The van der Waals surface area contributed by atoms with E-state index in [1.165, 1.54) is 24.0 Å². The molecule has 0 radical (unpaired) electrons. The molecule has 18 heavy (non-hydrogen) atoms. The van der Waals surface area contributed by atoms with Gasteiger partial charge in [-0.05, 0) is 24.3 Å². The molecule has 2 aromatic rings. The quantitative estimate of drug-likeness (QED) is 0.872. The molecule has 1 aliphatic rings. The van der Waals surface area contributed by atoms with Crippen LogP contribution in [0.15, 0.2) is 42.7 Å². The van der Waals surface area contributed by atoms with Gasteiger partial charge in [-0.25, -0.2) is 0 Å². The summed E-state index contributed by atoms with van der Waals surface area (Å²) in [7, 11) is 1.96. The molecule has 94 valence electrons. The Morgan fingerprint density at radius 1 is 1.33 bits per heavy atom. The van der Waals surface area contributed by atoms with Crippen LogP contribution in [-0.4, -0.2) is 9.78 Å². The van der Waals surface area contributed by atoms with Crippen molar-refractivity contribution in [2.45, 2.75) is 25.4 Å². The molecule has 1 aromatic carbocycles. The third-order valence-electron chi connectivity index (χ3n) is 3.54. The predicted octanol–water partition coefficient (Wildman–Crippen LogP) is 2.66. The Balaban J connectivity index is 1.68. The van der Waals surface area contributed by atoms with E-state index >= 15 is 0 Å². The number of aryl methyl sites for hydroxylation is 1. The lowest BCUT2D eigenvalue weighted by molar-refractivity contribution is 0.480. The first-order valence-electron chi connectivity index (χ1n) is 6.59. The average molecular weight is 241 g/mol. The lowest BCUT2D eigenvalue weighted by atomic mass is 10.0. The van der Waals surface area contributed by atoms with Crippen LogP contribution in [0.3, 0.4) is 0 Å².